The second-order valence-electron chi connectivity index (χ2n) is 5.58. The Morgan fingerprint density at radius 2 is 1.61 bits per heavy atom. The van der Waals surface area contributed by atoms with E-state index in [0.717, 1.165) is 31.9 Å². The van der Waals surface area contributed by atoms with Crippen molar-refractivity contribution < 1.29 is 5.11 Å². The van der Waals surface area contributed by atoms with Crippen LogP contribution in [0.2, 0.25) is 0 Å². The Bertz CT molecular complexity index is 953. The molecule has 0 saturated heterocycles. The van der Waals surface area contributed by atoms with E-state index in [4.69, 9.17) is 0 Å². The molecule has 4 rings (SSSR count). The number of hydrogen-bond acceptors (Lipinski definition) is 3. The number of fused-ring (bicyclic) bond motifs is 1. The minimum atomic E-state index is 0.264. The molecular formula is C20H15NOS. The zero-order chi connectivity index (χ0) is 15.8. The molecule has 0 saturated carbocycles. The van der Waals surface area contributed by atoms with Crippen LogP contribution in [0.3, 0.4) is 0 Å². The lowest BCUT2D eigenvalue weighted by Gasteiger charge is -2.06. The van der Waals surface area contributed by atoms with Gasteiger partial charge < -0.3 is 5.11 Å². The molecule has 0 aliphatic carbocycles. The third kappa shape index (κ3) is 2.60. The smallest absolute Gasteiger partial charge is 0.128 e. The second kappa shape index (κ2) is 5.52. The van der Waals surface area contributed by atoms with Gasteiger partial charge in [0.2, 0.25) is 0 Å². The summed E-state index contributed by atoms with van der Waals surface area (Å²) in [6.07, 6.45) is 0. The highest BCUT2D eigenvalue weighted by Gasteiger charge is 2.11. The number of aromatic hydroxyl groups is 1. The highest BCUT2D eigenvalue weighted by atomic mass is 32.1. The summed E-state index contributed by atoms with van der Waals surface area (Å²) in [7, 11) is 0. The first-order valence-electron chi connectivity index (χ1n) is 7.47. The highest BCUT2D eigenvalue weighted by Crippen LogP contribution is 2.37. The standard InChI is InChI=1S/C20H15NOS/c1-13-6-8-14(9-7-13)15-10-11-18(22)16(12-15)20-21-17-4-2-3-5-19(17)23-20/h2-12,22H,1H3. The summed E-state index contributed by atoms with van der Waals surface area (Å²) in [4.78, 5) is 4.65. The van der Waals surface area contributed by atoms with Gasteiger partial charge in [0.05, 0.1) is 15.8 Å². The summed E-state index contributed by atoms with van der Waals surface area (Å²) in [5.41, 5.74) is 5.20. The van der Waals surface area contributed by atoms with Crippen molar-refractivity contribution in [3.63, 3.8) is 0 Å². The molecule has 1 aromatic heterocycles. The topological polar surface area (TPSA) is 33.1 Å². The molecule has 2 nitrogen and oxygen atoms in total. The van der Waals surface area contributed by atoms with Gasteiger partial charge in [-0.25, -0.2) is 4.98 Å². The van der Waals surface area contributed by atoms with Gasteiger partial charge in [0, 0.05) is 0 Å². The Hall–Kier alpha value is -2.65. The molecule has 1 heterocycles. The molecule has 0 aliphatic rings. The van der Waals surface area contributed by atoms with E-state index >= 15 is 0 Å². The van der Waals surface area contributed by atoms with E-state index in [-0.39, 0.29) is 5.75 Å². The third-order valence-corrected chi connectivity index (χ3v) is 4.98. The van der Waals surface area contributed by atoms with Crippen LogP contribution in [-0.2, 0) is 0 Å². The van der Waals surface area contributed by atoms with Crippen molar-refractivity contribution in [3.8, 4) is 27.4 Å². The van der Waals surface area contributed by atoms with Crippen molar-refractivity contribution >= 4 is 21.6 Å². The Morgan fingerprint density at radius 3 is 2.39 bits per heavy atom. The van der Waals surface area contributed by atoms with Crippen LogP contribution in [0.5, 0.6) is 5.75 Å². The van der Waals surface area contributed by atoms with E-state index in [9.17, 15) is 5.11 Å². The van der Waals surface area contributed by atoms with Crippen molar-refractivity contribution in [1.82, 2.24) is 4.98 Å². The van der Waals surface area contributed by atoms with Crippen molar-refractivity contribution in [2.45, 2.75) is 6.92 Å². The summed E-state index contributed by atoms with van der Waals surface area (Å²) in [5.74, 6) is 0.264. The molecule has 4 aromatic rings. The number of aryl methyl sites for hydroxylation is 1. The average molecular weight is 317 g/mol. The molecule has 0 aliphatic heterocycles. The van der Waals surface area contributed by atoms with Crippen LogP contribution in [0.15, 0.2) is 66.7 Å². The molecule has 0 atom stereocenters. The number of nitrogens with zero attached hydrogens (tertiary/aromatic N) is 1. The fourth-order valence-corrected chi connectivity index (χ4v) is 3.61. The first kappa shape index (κ1) is 14.0. The fourth-order valence-electron chi connectivity index (χ4n) is 2.62. The predicted molar refractivity (Wildman–Crippen MR) is 96.9 cm³/mol. The van der Waals surface area contributed by atoms with E-state index in [1.54, 1.807) is 17.4 Å². The lowest BCUT2D eigenvalue weighted by atomic mass is 10.0. The number of para-hydroxylation sites is 1. The number of thiazole rings is 1. The second-order valence-corrected chi connectivity index (χ2v) is 6.62. The fraction of sp³-hybridized carbons (Fsp3) is 0.0500. The summed E-state index contributed by atoms with van der Waals surface area (Å²) in [6, 6.07) is 22.1. The Morgan fingerprint density at radius 1 is 0.870 bits per heavy atom. The van der Waals surface area contributed by atoms with Crippen molar-refractivity contribution in [2.75, 3.05) is 0 Å². The van der Waals surface area contributed by atoms with Gasteiger partial charge in [-0.3, -0.25) is 0 Å². The first-order chi connectivity index (χ1) is 11.2. The monoisotopic (exact) mass is 317 g/mol. The number of hydrogen-bond donors (Lipinski definition) is 1. The molecule has 3 heteroatoms. The maximum absolute atomic E-state index is 10.3. The summed E-state index contributed by atoms with van der Waals surface area (Å²) in [5, 5.41) is 11.1. The molecule has 3 aromatic carbocycles. The zero-order valence-corrected chi connectivity index (χ0v) is 13.5. The molecule has 112 valence electrons. The van der Waals surface area contributed by atoms with Gasteiger partial charge in [-0.2, -0.15) is 0 Å². The van der Waals surface area contributed by atoms with Gasteiger partial charge in [-0.15, -0.1) is 11.3 Å². The predicted octanol–water partition coefficient (Wildman–Crippen LogP) is 5.64. The molecule has 0 spiro atoms. The third-order valence-electron chi connectivity index (χ3n) is 3.91. The number of phenols is 1. The molecule has 23 heavy (non-hydrogen) atoms. The van der Waals surface area contributed by atoms with E-state index in [1.807, 2.05) is 30.3 Å². The SMILES string of the molecule is Cc1ccc(-c2ccc(O)c(-c3nc4ccccc4s3)c2)cc1. The molecular weight excluding hydrogens is 302 g/mol. The zero-order valence-electron chi connectivity index (χ0n) is 12.7. The largest absolute Gasteiger partial charge is 0.507 e. The van der Waals surface area contributed by atoms with Crippen molar-refractivity contribution in [3.05, 3.63) is 72.3 Å². The molecule has 0 fully saturated rings. The van der Waals surface area contributed by atoms with Gasteiger partial charge in [-0.1, -0.05) is 48.0 Å². The van der Waals surface area contributed by atoms with Crippen LogP contribution < -0.4 is 0 Å². The maximum atomic E-state index is 10.3. The van der Waals surface area contributed by atoms with Gasteiger partial charge in [-0.05, 0) is 42.3 Å². The molecule has 1 N–H and O–H groups in total. The van der Waals surface area contributed by atoms with Gasteiger partial charge in [0.25, 0.3) is 0 Å². The minimum absolute atomic E-state index is 0.264. The summed E-state index contributed by atoms with van der Waals surface area (Å²) < 4.78 is 1.13. The summed E-state index contributed by atoms with van der Waals surface area (Å²) >= 11 is 1.60. The van der Waals surface area contributed by atoms with Crippen LogP contribution in [0.25, 0.3) is 31.9 Å². The number of aromatic nitrogens is 1. The Labute approximate surface area is 138 Å². The van der Waals surface area contributed by atoms with Gasteiger partial charge in [0.1, 0.15) is 10.8 Å². The highest BCUT2D eigenvalue weighted by molar-refractivity contribution is 7.21. The number of rotatable bonds is 2. The number of phenolic OH excluding ortho intramolecular Hbond substituents is 1. The number of benzene rings is 3. The van der Waals surface area contributed by atoms with Crippen LogP contribution in [0, 0.1) is 6.92 Å². The lowest BCUT2D eigenvalue weighted by Crippen LogP contribution is -1.83. The summed E-state index contributed by atoms with van der Waals surface area (Å²) in [6.45, 7) is 2.08. The molecule has 0 bridgehead atoms. The molecule has 0 amide bonds. The normalized spacial score (nSPS) is 11.0. The minimum Gasteiger partial charge on any atom is -0.507 e. The maximum Gasteiger partial charge on any atom is 0.128 e. The van der Waals surface area contributed by atoms with E-state index in [2.05, 4.69) is 42.2 Å². The lowest BCUT2D eigenvalue weighted by molar-refractivity contribution is 0.477. The van der Waals surface area contributed by atoms with Gasteiger partial charge >= 0.3 is 0 Å². The van der Waals surface area contributed by atoms with Crippen molar-refractivity contribution in [2.24, 2.45) is 0 Å². The molecule has 0 radical (unpaired) electrons. The average Bonchev–Trinajstić information content (AvgIpc) is 3.00. The molecule has 0 unspecified atom stereocenters. The van der Waals surface area contributed by atoms with Gasteiger partial charge in [0.15, 0.2) is 0 Å². The van der Waals surface area contributed by atoms with Crippen LogP contribution >= 0.6 is 11.3 Å². The van der Waals surface area contributed by atoms with E-state index in [1.165, 1.54) is 5.56 Å². The Kier molecular flexibility index (Phi) is 3.36. The van der Waals surface area contributed by atoms with E-state index in [0.29, 0.717) is 0 Å². The first-order valence-corrected chi connectivity index (χ1v) is 8.28. The van der Waals surface area contributed by atoms with Crippen molar-refractivity contribution in [1.29, 1.82) is 0 Å². The van der Waals surface area contributed by atoms with Crippen LogP contribution in [-0.4, -0.2) is 10.1 Å². The van der Waals surface area contributed by atoms with E-state index < -0.39 is 0 Å². The van der Waals surface area contributed by atoms with Crippen LogP contribution in [0.1, 0.15) is 5.56 Å². The Balaban J connectivity index is 1.84. The van der Waals surface area contributed by atoms with Crippen LogP contribution in [0.4, 0.5) is 0 Å². The quantitative estimate of drug-likeness (QED) is 0.518.